The van der Waals surface area contributed by atoms with Gasteiger partial charge in [0.15, 0.2) is 0 Å². The normalized spacial score (nSPS) is 11.9. The smallest absolute Gasteiger partial charge is 0.136 e. The van der Waals surface area contributed by atoms with Crippen LogP contribution in [0.4, 0.5) is 0 Å². The topological polar surface area (TPSA) is 13.1 Å². The highest BCUT2D eigenvalue weighted by molar-refractivity contribution is 6.27. The van der Waals surface area contributed by atoms with Gasteiger partial charge in [-0.3, -0.25) is 0 Å². The van der Waals surface area contributed by atoms with Gasteiger partial charge in [-0.05, 0) is 123 Å². The van der Waals surface area contributed by atoms with Gasteiger partial charge in [0, 0.05) is 10.8 Å². The lowest BCUT2D eigenvalue weighted by Crippen LogP contribution is -1.93. The number of furan rings is 1. The molecular weight excluding hydrogens is 689 g/mol. The number of hydrogen-bond acceptors (Lipinski definition) is 1. The van der Waals surface area contributed by atoms with Crippen molar-refractivity contribution in [2.24, 2.45) is 0 Å². The van der Waals surface area contributed by atoms with Crippen molar-refractivity contribution in [3.8, 4) is 44.5 Å². The van der Waals surface area contributed by atoms with Crippen molar-refractivity contribution in [3.63, 3.8) is 0 Å². The van der Waals surface area contributed by atoms with Crippen molar-refractivity contribution in [2.45, 2.75) is 0 Å². The summed E-state index contributed by atoms with van der Waals surface area (Å²) in [6.45, 7) is 0. The predicted molar refractivity (Wildman–Crippen MR) is 243 cm³/mol. The summed E-state index contributed by atoms with van der Waals surface area (Å²) < 4.78 is 6.48. The molecule has 0 aliphatic heterocycles. The van der Waals surface area contributed by atoms with Gasteiger partial charge in [0.05, 0.1) is 0 Å². The summed E-state index contributed by atoms with van der Waals surface area (Å²) in [6.07, 6.45) is 0. The largest absolute Gasteiger partial charge is 0.456 e. The van der Waals surface area contributed by atoms with Gasteiger partial charge in [0.2, 0.25) is 0 Å². The SMILES string of the molecule is c1ccc(-c2cccc3oc4ccc(-c5c6ccccc6c(-c6ccccc6-c6ccc7c8ccccc8c8ccccc8c7c6)c6ccccc56)cc4c23)cc1. The van der Waals surface area contributed by atoms with E-state index < -0.39 is 0 Å². The molecule has 264 valence electrons. The van der Waals surface area contributed by atoms with Crippen LogP contribution in [-0.4, -0.2) is 0 Å². The van der Waals surface area contributed by atoms with Gasteiger partial charge in [-0.2, -0.15) is 0 Å². The average molecular weight is 723 g/mol. The number of hydrogen-bond donors (Lipinski definition) is 0. The van der Waals surface area contributed by atoms with E-state index >= 15 is 0 Å². The second kappa shape index (κ2) is 12.5. The lowest BCUT2D eigenvalue weighted by atomic mass is 9.83. The fraction of sp³-hybridized carbons (Fsp3) is 0. The minimum atomic E-state index is 0.896. The van der Waals surface area contributed by atoms with Crippen molar-refractivity contribution in [2.75, 3.05) is 0 Å². The van der Waals surface area contributed by atoms with Gasteiger partial charge < -0.3 is 4.42 Å². The van der Waals surface area contributed by atoms with Gasteiger partial charge in [-0.15, -0.1) is 0 Å². The highest BCUT2D eigenvalue weighted by atomic mass is 16.3. The molecule has 0 N–H and O–H groups in total. The van der Waals surface area contributed by atoms with Crippen LogP contribution in [0.1, 0.15) is 0 Å². The van der Waals surface area contributed by atoms with Crippen molar-refractivity contribution in [1.29, 1.82) is 0 Å². The fourth-order valence-electron chi connectivity index (χ4n) is 9.60. The van der Waals surface area contributed by atoms with E-state index in [1.807, 2.05) is 0 Å². The lowest BCUT2D eigenvalue weighted by Gasteiger charge is -2.20. The van der Waals surface area contributed by atoms with Crippen molar-refractivity contribution < 1.29 is 4.42 Å². The molecule has 0 saturated heterocycles. The van der Waals surface area contributed by atoms with E-state index in [4.69, 9.17) is 4.42 Å². The Labute approximate surface area is 329 Å². The molecule has 12 rings (SSSR count). The molecule has 57 heavy (non-hydrogen) atoms. The summed E-state index contributed by atoms with van der Waals surface area (Å²) in [5.41, 5.74) is 11.5. The third-order valence-corrected chi connectivity index (χ3v) is 12.1. The molecule has 0 radical (unpaired) electrons. The molecule has 1 aromatic heterocycles. The molecular formula is C56H34O. The summed E-state index contributed by atoms with van der Waals surface area (Å²) in [6, 6.07) is 75.3. The summed E-state index contributed by atoms with van der Waals surface area (Å²) in [5.74, 6) is 0. The summed E-state index contributed by atoms with van der Waals surface area (Å²) in [5, 5.41) is 14.9. The molecule has 1 heterocycles. The molecule has 0 unspecified atom stereocenters. The number of rotatable bonds is 4. The van der Waals surface area contributed by atoms with E-state index in [1.54, 1.807) is 0 Å². The monoisotopic (exact) mass is 722 g/mol. The average Bonchev–Trinajstić information content (AvgIpc) is 3.67. The van der Waals surface area contributed by atoms with Crippen LogP contribution in [0, 0.1) is 0 Å². The second-order valence-electron chi connectivity index (χ2n) is 15.1. The minimum absolute atomic E-state index is 0.896. The van der Waals surface area contributed by atoms with E-state index in [0.29, 0.717) is 0 Å². The molecule has 0 fully saturated rings. The van der Waals surface area contributed by atoms with Crippen LogP contribution in [0.5, 0.6) is 0 Å². The first-order valence-electron chi connectivity index (χ1n) is 19.7. The summed E-state index contributed by atoms with van der Waals surface area (Å²) >= 11 is 0. The lowest BCUT2D eigenvalue weighted by molar-refractivity contribution is 0.669. The molecule has 1 heteroatoms. The van der Waals surface area contributed by atoms with Crippen LogP contribution in [0.2, 0.25) is 0 Å². The Balaban J connectivity index is 1.11. The third-order valence-electron chi connectivity index (χ3n) is 12.1. The van der Waals surface area contributed by atoms with Crippen molar-refractivity contribution in [1.82, 2.24) is 0 Å². The summed E-state index contributed by atoms with van der Waals surface area (Å²) in [7, 11) is 0. The van der Waals surface area contributed by atoms with Crippen LogP contribution in [0.25, 0.3) is 120 Å². The molecule has 12 aromatic rings. The molecule has 0 saturated carbocycles. The number of benzene rings is 11. The third kappa shape index (κ3) is 4.83. The summed E-state index contributed by atoms with van der Waals surface area (Å²) in [4.78, 5) is 0. The standard InChI is InChI=1S/C56H34O/c1-2-15-35(16-3-1)39-27-14-28-53-56(39)51-34-37(30-32-52(51)57-53)54-46-23-10-12-25-48(46)55(49-26-13-11-24-47(49)54)45-22-9-4-17-38(45)36-29-31-44-42-20-6-5-18-40(42)41-19-7-8-21-43(41)50(44)33-36/h1-34H. The zero-order valence-corrected chi connectivity index (χ0v) is 31.0. The molecule has 0 spiro atoms. The van der Waals surface area contributed by atoms with Gasteiger partial charge in [0.1, 0.15) is 11.2 Å². The maximum absolute atomic E-state index is 6.48. The highest BCUT2D eigenvalue weighted by Gasteiger charge is 2.21. The zero-order valence-electron chi connectivity index (χ0n) is 31.0. The minimum Gasteiger partial charge on any atom is -0.456 e. The van der Waals surface area contributed by atoms with Gasteiger partial charge in [-0.25, -0.2) is 0 Å². The molecule has 11 aromatic carbocycles. The quantitative estimate of drug-likeness (QED) is 0.130. The Morgan fingerprint density at radius 1 is 0.228 bits per heavy atom. The first-order valence-corrected chi connectivity index (χ1v) is 19.7. The van der Waals surface area contributed by atoms with Gasteiger partial charge >= 0.3 is 0 Å². The van der Waals surface area contributed by atoms with E-state index in [2.05, 4.69) is 206 Å². The second-order valence-corrected chi connectivity index (χ2v) is 15.1. The first kappa shape index (κ1) is 31.8. The van der Waals surface area contributed by atoms with Crippen molar-refractivity contribution >= 4 is 75.8 Å². The van der Waals surface area contributed by atoms with E-state index in [-0.39, 0.29) is 0 Å². The highest BCUT2D eigenvalue weighted by Crippen LogP contribution is 2.48. The Bertz CT molecular complexity index is 3480. The van der Waals surface area contributed by atoms with Crippen LogP contribution in [-0.2, 0) is 0 Å². The fourth-order valence-corrected chi connectivity index (χ4v) is 9.60. The number of fused-ring (bicyclic) bond motifs is 11. The first-order chi connectivity index (χ1) is 28.3. The molecule has 0 amide bonds. The molecule has 0 aliphatic carbocycles. The van der Waals surface area contributed by atoms with E-state index in [1.165, 1.54) is 98.4 Å². The van der Waals surface area contributed by atoms with Crippen LogP contribution in [0.3, 0.4) is 0 Å². The predicted octanol–water partition coefficient (Wildman–Crippen LogP) is 16.0. The van der Waals surface area contributed by atoms with Crippen LogP contribution >= 0.6 is 0 Å². The van der Waals surface area contributed by atoms with Gasteiger partial charge in [0.25, 0.3) is 0 Å². The Hall–Kier alpha value is -7.48. The van der Waals surface area contributed by atoms with Crippen LogP contribution in [0.15, 0.2) is 211 Å². The van der Waals surface area contributed by atoms with Crippen LogP contribution < -0.4 is 0 Å². The maximum Gasteiger partial charge on any atom is 0.136 e. The molecule has 1 nitrogen and oxygen atoms in total. The molecule has 0 atom stereocenters. The van der Waals surface area contributed by atoms with E-state index in [0.717, 1.165) is 21.9 Å². The van der Waals surface area contributed by atoms with E-state index in [9.17, 15) is 0 Å². The maximum atomic E-state index is 6.48. The molecule has 0 aliphatic rings. The van der Waals surface area contributed by atoms with Crippen molar-refractivity contribution in [3.05, 3.63) is 206 Å². The Kier molecular flexibility index (Phi) is 7.00. The molecule has 0 bridgehead atoms. The zero-order chi connectivity index (χ0) is 37.5. The van der Waals surface area contributed by atoms with Gasteiger partial charge in [-0.1, -0.05) is 182 Å². The Morgan fingerprint density at radius 3 is 1.35 bits per heavy atom. The Morgan fingerprint density at radius 2 is 0.702 bits per heavy atom.